The molecule has 0 radical (unpaired) electrons. The molecule has 0 fully saturated rings. The zero-order valence-corrected chi connectivity index (χ0v) is 24.2. The summed E-state index contributed by atoms with van der Waals surface area (Å²) in [4.78, 5) is 42.6. The lowest BCUT2D eigenvalue weighted by molar-refractivity contribution is -0.148. The van der Waals surface area contributed by atoms with Gasteiger partial charge in [-0.25, -0.2) is 4.79 Å². The fourth-order valence-electron chi connectivity index (χ4n) is 4.39. The molecule has 0 saturated carbocycles. The largest absolute Gasteiger partial charge is 0.444 e. The Morgan fingerprint density at radius 1 is 0.868 bits per heavy atom. The molecule has 2 N–H and O–H groups in total. The number of nitrogens with one attached hydrogen (secondary N) is 2. The molecule has 2 rings (SSSR count). The third-order valence-corrected chi connectivity index (χ3v) is 5.96. The number of carbonyl (C=O) groups is 3. The van der Waals surface area contributed by atoms with Gasteiger partial charge in [0.1, 0.15) is 17.7 Å². The third kappa shape index (κ3) is 9.51. The van der Waals surface area contributed by atoms with E-state index in [1.807, 2.05) is 88.4 Å². The van der Waals surface area contributed by atoms with E-state index in [4.69, 9.17) is 4.74 Å². The van der Waals surface area contributed by atoms with Crippen LogP contribution in [0.4, 0.5) is 4.79 Å². The first-order valence-corrected chi connectivity index (χ1v) is 13.4. The van der Waals surface area contributed by atoms with Gasteiger partial charge in [0.05, 0.1) is 0 Å². The molecule has 3 unspecified atom stereocenters. The molecule has 0 aromatic heterocycles. The molecule has 7 nitrogen and oxygen atoms in total. The van der Waals surface area contributed by atoms with Crippen LogP contribution in [0.2, 0.25) is 0 Å². The molecule has 208 valence electrons. The van der Waals surface area contributed by atoms with Crippen LogP contribution in [0.1, 0.15) is 85.4 Å². The molecule has 0 spiro atoms. The van der Waals surface area contributed by atoms with E-state index in [0.717, 1.165) is 18.4 Å². The Morgan fingerprint density at radius 3 is 1.92 bits per heavy atom. The Balaban J connectivity index is 2.55. The lowest BCUT2D eigenvalue weighted by atomic mass is 9.94. The summed E-state index contributed by atoms with van der Waals surface area (Å²) in [6, 6.07) is 16.9. The minimum absolute atomic E-state index is 0.0457. The summed E-state index contributed by atoms with van der Waals surface area (Å²) < 4.78 is 5.49. The molecule has 0 saturated heterocycles. The Labute approximate surface area is 228 Å². The van der Waals surface area contributed by atoms with Crippen molar-refractivity contribution in [2.24, 2.45) is 0 Å². The van der Waals surface area contributed by atoms with Gasteiger partial charge in [0.25, 0.3) is 0 Å². The summed E-state index contributed by atoms with van der Waals surface area (Å²) in [5.74, 6) is -0.615. The number of nitrogens with zero attached hydrogens (tertiary/aromatic N) is 1. The number of hydrogen-bond donors (Lipinski definition) is 2. The average molecular weight is 524 g/mol. The molecule has 38 heavy (non-hydrogen) atoms. The Hall–Kier alpha value is -3.35. The van der Waals surface area contributed by atoms with Crippen molar-refractivity contribution >= 4 is 17.9 Å². The maximum Gasteiger partial charge on any atom is 0.408 e. The number of carbonyl (C=O) groups excluding carboxylic acids is 3. The van der Waals surface area contributed by atoms with Crippen molar-refractivity contribution in [2.75, 3.05) is 0 Å². The molecule has 3 amide bonds. The van der Waals surface area contributed by atoms with Crippen molar-refractivity contribution in [3.05, 3.63) is 71.8 Å². The molecule has 0 aliphatic heterocycles. The Bertz CT molecular complexity index is 1040. The summed E-state index contributed by atoms with van der Waals surface area (Å²) in [6.07, 6.45) is 1.32. The molecule has 0 aliphatic carbocycles. The van der Waals surface area contributed by atoms with Crippen molar-refractivity contribution in [2.45, 2.75) is 104 Å². The van der Waals surface area contributed by atoms with E-state index in [-0.39, 0.29) is 24.3 Å². The van der Waals surface area contributed by atoms with E-state index in [1.165, 1.54) is 0 Å². The van der Waals surface area contributed by atoms with Crippen LogP contribution in [0.3, 0.4) is 0 Å². The highest BCUT2D eigenvalue weighted by molar-refractivity contribution is 5.93. The van der Waals surface area contributed by atoms with Gasteiger partial charge in [0.2, 0.25) is 11.8 Å². The molecule has 7 heteroatoms. The van der Waals surface area contributed by atoms with Gasteiger partial charge in [-0.05, 0) is 66.0 Å². The van der Waals surface area contributed by atoms with Gasteiger partial charge < -0.3 is 20.3 Å². The van der Waals surface area contributed by atoms with Crippen molar-refractivity contribution in [1.29, 1.82) is 0 Å². The highest BCUT2D eigenvalue weighted by Crippen LogP contribution is 2.30. The van der Waals surface area contributed by atoms with Crippen molar-refractivity contribution in [3.8, 4) is 0 Å². The molecule has 3 atom stereocenters. The summed E-state index contributed by atoms with van der Waals surface area (Å²) in [5.41, 5.74) is 0.115. The zero-order chi connectivity index (χ0) is 28.5. The van der Waals surface area contributed by atoms with Crippen molar-refractivity contribution < 1.29 is 19.1 Å². The summed E-state index contributed by atoms with van der Waals surface area (Å²) >= 11 is 0. The van der Waals surface area contributed by atoms with E-state index in [2.05, 4.69) is 17.6 Å². The second kappa shape index (κ2) is 13.4. The molecule has 0 heterocycles. The second-order valence-corrected chi connectivity index (χ2v) is 11.8. The van der Waals surface area contributed by atoms with Gasteiger partial charge in [-0.3, -0.25) is 9.59 Å². The molecular weight excluding hydrogens is 478 g/mol. The van der Waals surface area contributed by atoms with Gasteiger partial charge in [0.15, 0.2) is 0 Å². The van der Waals surface area contributed by atoms with Crippen LogP contribution in [0.5, 0.6) is 0 Å². The summed E-state index contributed by atoms with van der Waals surface area (Å²) in [6.45, 7) is 15.1. The van der Waals surface area contributed by atoms with Gasteiger partial charge in [0, 0.05) is 18.0 Å². The smallest absolute Gasteiger partial charge is 0.408 e. The molecule has 2 aromatic carbocycles. The highest BCUT2D eigenvalue weighted by atomic mass is 16.6. The lowest BCUT2D eigenvalue weighted by Crippen LogP contribution is -2.59. The first-order valence-electron chi connectivity index (χ1n) is 13.4. The number of benzene rings is 2. The van der Waals surface area contributed by atoms with Crippen LogP contribution in [0, 0.1) is 0 Å². The summed E-state index contributed by atoms with van der Waals surface area (Å²) in [7, 11) is 0. The second-order valence-electron chi connectivity index (χ2n) is 11.8. The number of hydrogen-bond acceptors (Lipinski definition) is 4. The fraction of sp³-hybridized carbons (Fsp3) is 0.516. The molecular formula is C31H45N3O4. The first kappa shape index (κ1) is 30.9. The van der Waals surface area contributed by atoms with Crippen molar-refractivity contribution in [1.82, 2.24) is 15.5 Å². The van der Waals surface area contributed by atoms with Crippen LogP contribution in [-0.2, 0) is 20.7 Å². The number of alkyl carbamates (subject to hydrolysis) is 1. The third-order valence-electron chi connectivity index (χ3n) is 5.96. The number of ether oxygens (including phenoxy) is 1. The Kier molecular flexibility index (Phi) is 10.9. The van der Waals surface area contributed by atoms with E-state index >= 15 is 0 Å². The zero-order valence-electron chi connectivity index (χ0n) is 24.2. The predicted octanol–water partition coefficient (Wildman–Crippen LogP) is 5.80. The maximum atomic E-state index is 14.4. The molecule has 0 bridgehead atoms. The SMILES string of the molecule is CCCC(C)NC(=O)C(c1ccccc1)N(C(=O)C(Cc1ccccc1)NC(=O)OC(C)(C)C)C(C)(C)C. The van der Waals surface area contributed by atoms with Crippen LogP contribution in [0.25, 0.3) is 0 Å². The highest BCUT2D eigenvalue weighted by Gasteiger charge is 2.42. The molecule has 0 aliphatic rings. The van der Waals surface area contributed by atoms with Crippen LogP contribution in [0.15, 0.2) is 60.7 Å². The number of rotatable bonds is 10. The van der Waals surface area contributed by atoms with E-state index in [1.54, 1.807) is 25.7 Å². The van der Waals surface area contributed by atoms with Crippen LogP contribution in [-0.4, -0.2) is 46.0 Å². The van der Waals surface area contributed by atoms with E-state index < -0.39 is 29.3 Å². The van der Waals surface area contributed by atoms with E-state index in [9.17, 15) is 14.4 Å². The summed E-state index contributed by atoms with van der Waals surface area (Å²) in [5, 5.41) is 5.90. The normalized spacial score (nSPS) is 14.1. The monoisotopic (exact) mass is 523 g/mol. The van der Waals surface area contributed by atoms with Crippen LogP contribution < -0.4 is 10.6 Å². The molecule has 2 aromatic rings. The minimum atomic E-state index is -0.946. The number of amides is 3. The van der Waals surface area contributed by atoms with E-state index in [0.29, 0.717) is 5.56 Å². The minimum Gasteiger partial charge on any atom is -0.444 e. The average Bonchev–Trinajstić information content (AvgIpc) is 2.81. The maximum absolute atomic E-state index is 14.4. The lowest BCUT2D eigenvalue weighted by Gasteiger charge is -2.43. The Morgan fingerprint density at radius 2 is 1.42 bits per heavy atom. The van der Waals surface area contributed by atoms with Crippen molar-refractivity contribution in [3.63, 3.8) is 0 Å². The van der Waals surface area contributed by atoms with Gasteiger partial charge in [-0.15, -0.1) is 0 Å². The van der Waals surface area contributed by atoms with Crippen LogP contribution >= 0.6 is 0 Å². The van der Waals surface area contributed by atoms with Gasteiger partial charge in [-0.2, -0.15) is 0 Å². The van der Waals surface area contributed by atoms with Gasteiger partial charge in [-0.1, -0.05) is 74.0 Å². The van der Waals surface area contributed by atoms with Gasteiger partial charge >= 0.3 is 6.09 Å². The quantitative estimate of drug-likeness (QED) is 0.412. The first-order chi connectivity index (χ1) is 17.7. The topological polar surface area (TPSA) is 87.7 Å². The fourth-order valence-corrected chi connectivity index (χ4v) is 4.39. The predicted molar refractivity (Wildman–Crippen MR) is 152 cm³/mol. The standard InChI is InChI=1S/C31H45N3O4/c1-9-16-22(2)32-27(35)26(24-19-14-11-15-20-24)34(30(3,4)5)28(36)25(21-23-17-12-10-13-18-23)33-29(37)38-31(6,7)8/h10-15,17-20,22,25-26H,9,16,21H2,1-8H3,(H,32,35)(H,33,37).